The Morgan fingerprint density at radius 2 is 2.05 bits per heavy atom. The summed E-state index contributed by atoms with van der Waals surface area (Å²) in [4.78, 5) is 16.7. The van der Waals surface area contributed by atoms with Crippen LogP contribution in [0.3, 0.4) is 0 Å². The highest BCUT2D eigenvalue weighted by Gasteiger charge is 2.06. The van der Waals surface area contributed by atoms with E-state index >= 15 is 0 Å². The number of hydrogen-bond donors (Lipinski definition) is 1. The first-order valence-corrected chi connectivity index (χ1v) is 6.73. The van der Waals surface area contributed by atoms with Gasteiger partial charge in [0.1, 0.15) is 11.6 Å². The van der Waals surface area contributed by atoms with Crippen molar-refractivity contribution in [3.8, 4) is 0 Å². The molecule has 1 amide bonds. The number of anilines is 1. The van der Waals surface area contributed by atoms with E-state index in [1.807, 2.05) is 19.1 Å². The summed E-state index contributed by atoms with van der Waals surface area (Å²) in [5.74, 6) is 0.433. The number of benzene rings is 1. The van der Waals surface area contributed by atoms with E-state index in [0.717, 1.165) is 10.5 Å². The van der Waals surface area contributed by atoms with Gasteiger partial charge in [-0.2, -0.15) is 0 Å². The molecule has 2 aromatic rings. The smallest absolute Gasteiger partial charge is 0.235 e. The average Bonchev–Trinajstić information content (AvgIpc) is 2.41. The molecule has 0 aliphatic rings. The molecule has 0 aliphatic heterocycles. The Morgan fingerprint density at radius 3 is 2.74 bits per heavy atom. The lowest BCUT2D eigenvalue weighted by atomic mass is 10.3. The average molecular weight is 276 g/mol. The van der Waals surface area contributed by atoms with Crippen LogP contribution in [0, 0.1) is 12.7 Å². The molecule has 1 aromatic heterocycles. The summed E-state index contributed by atoms with van der Waals surface area (Å²) in [6, 6.07) is 9.76. The van der Waals surface area contributed by atoms with Crippen LogP contribution in [-0.2, 0) is 4.79 Å². The molecule has 0 fully saturated rings. The molecule has 0 saturated heterocycles. The molecule has 0 atom stereocenters. The number of pyridine rings is 1. The number of thioether (sulfide) groups is 1. The third kappa shape index (κ3) is 4.06. The number of nitrogens with one attached hydrogen (secondary N) is 1. The number of halogens is 1. The predicted molar refractivity (Wildman–Crippen MR) is 74.7 cm³/mol. The fourth-order valence-corrected chi connectivity index (χ4v) is 2.16. The molecule has 3 nitrogen and oxygen atoms in total. The number of aromatic nitrogens is 1. The Balaban J connectivity index is 1.88. The number of hydrogen-bond acceptors (Lipinski definition) is 3. The summed E-state index contributed by atoms with van der Waals surface area (Å²) in [7, 11) is 0. The van der Waals surface area contributed by atoms with Crippen molar-refractivity contribution in [3.63, 3.8) is 0 Å². The van der Waals surface area contributed by atoms with Gasteiger partial charge < -0.3 is 5.32 Å². The van der Waals surface area contributed by atoms with Gasteiger partial charge in [0.05, 0.1) is 5.75 Å². The van der Waals surface area contributed by atoms with Crippen molar-refractivity contribution in [2.45, 2.75) is 11.8 Å². The van der Waals surface area contributed by atoms with Gasteiger partial charge in [0.2, 0.25) is 5.91 Å². The lowest BCUT2D eigenvalue weighted by Gasteiger charge is -2.06. The number of nitrogens with zero attached hydrogens (tertiary/aromatic N) is 1. The van der Waals surface area contributed by atoms with Crippen LogP contribution >= 0.6 is 11.8 Å². The molecule has 0 saturated carbocycles. The zero-order valence-corrected chi connectivity index (χ0v) is 11.2. The van der Waals surface area contributed by atoms with Crippen molar-refractivity contribution < 1.29 is 9.18 Å². The van der Waals surface area contributed by atoms with Gasteiger partial charge in [0.15, 0.2) is 0 Å². The van der Waals surface area contributed by atoms with Gasteiger partial charge in [-0.1, -0.05) is 6.07 Å². The summed E-state index contributed by atoms with van der Waals surface area (Å²) in [6.45, 7) is 1.88. The predicted octanol–water partition coefficient (Wildman–Crippen LogP) is 3.26. The zero-order valence-electron chi connectivity index (χ0n) is 10.4. The van der Waals surface area contributed by atoms with Crippen molar-refractivity contribution in [1.82, 2.24) is 4.98 Å². The summed E-state index contributed by atoms with van der Waals surface area (Å²) < 4.78 is 12.7. The monoisotopic (exact) mass is 276 g/mol. The van der Waals surface area contributed by atoms with Crippen molar-refractivity contribution >= 4 is 23.5 Å². The van der Waals surface area contributed by atoms with Crippen LogP contribution < -0.4 is 5.32 Å². The van der Waals surface area contributed by atoms with Crippen molar-refractivity contribution in [3.05, 3.63) is 54.0 Å². The lowest BCUT2D eigenvalue weighted by molar-refractivity contribution is -0.113. The maximum absolute atomic E-state index is 12.7. The van der Waals surface area contributed by atoms with E-state index in [0.29, 0.717) is 5.82 Å². The van der Waals surface area contributed by atoms with E-state index < -0.39 is 0 Å². The molecule has 1 heterocycles. The van der Waals surface area contributed by atoms with Gasteiger partial charge in [-0.3, -0.25) is 4.79 Å². The minimum absolute atomic E-state index is 0.129. The maximum atomic E-state index is 12.7. The number of aryl methyl sites for hydroxylation is 1. The molecule has 1 aromatic carbocycles. The molecular weight excluding hydrogens is 263 g/mol. The second kappa shape index (κ2) is 6.33. The van der Waals surface area contributed by atoms with Gasteiger partial charge in [-0.05, 0) is 42.8 Å². The number of carbonyl (C=O) groups excluding carboxylic acids is 1. The standard InChI is InChI=1S/C14H13FN2OS/c1-10-3-2-8-16-14(10)17-13(18)9-19-12-6-4-11(15)5-7-12/h2-8H,9H2,1H3,(H,16,17,18). The molecule has 0 spiro atoms. The van der Waals surface area contributed by atoms with Gasteiger partial charge in [-0.15, -0.1) is 11.8 Å². The van der Waals surface area contributed by atoms with Gasteiger partial charge in [0.25, 0.3) is 0 Å². The molecule has 2 rings (SSSR count). The van der Waals surface area contributed by atoms with E-state index in [1.165, 1.54) is 23.9 Å². The number of carbonyl (C=O) groups is 1. The van der Waals surface area contributed by atoms with Gasteiger partial charge >= 0.3 is 0 Å². The second-order valence-electron chi connectivity index (χ2n) is 3.96. The molecule has 98 valence electrons. The Labute approximate surface area is 115 Å². The highest BCUT2D eigenvalue weighted by atomic mass is 32.2. The Hall–Kier alpha value is -1.88. The first-order valence-electron chi connectivity index (χ1n) is 5.75. The Kier molecular flexibility index (Phi) is 4.52. The van der Waals surface area contributed by atoms with Crippen LogP contribution in [-0.4, -0.2) is 16.6 Å². The summed E-state index contributed by atoms with van der Waals surface area (Å²) in [5.41, 5.74) is 0.919. The third-order valence-corrected chi connectivity index (χ3v) is 3.46. The van der Waals surface area contributed by atoms with Crippen LogP contribution in [0.15, 0.2) is 47.5 Å². The van der Waals surface area contributed by atoms with E-state index in [9.17, 15) is 9.18 Å². The second-order valence-corrected chi connectivity index (χ2v) is 5.01. The molecule has 1 N–H and O–H groups in total. The minimum Gasteiger partial charge on any atom is -0.310 e. The highest BCUT2D eigenvalue weighted by molar-refractivity contribution is 8.00. The van der Waals surface area contributed by atoms with E-state index in [2.05, 4.69) is 10.3 Å². The number of amides is 1. The summed E-state index contributed by atoms with van der Waals surface area (Å²) in [5, 5.41) is 2.75. The largest absolute Gasteiger partial charge is 0.310 e. The molecule has 0 aliphatic carbocycles. The van der Waals surface area contributed by atoms with Crippen LogP contribution in [0.25, 0.3) is 0 Å². The van der Waals surface area contributed by atoms with Crippen LogP contribution in [0.5, 0.6) is 0 Å². The maximum Gasteiger partial charge on any atom is 0.235 e. The molecule has 5 heteroatoms. The van der Waals surface area contributed by atoms with E-state index in [-0.39, 0.29) is 17.5 Å². The topological polar surface area (TPSA) is 42.0 Å². The zero-order chi connectivity index (χ0) is 13.7. The lowest BCUT2D eigenvalue weighted by Crippen LogP contribution is -2.15. The Morgan fingerprint density at radius 1 is 1.32 bits per heavy atom. The molecule has 0 unspecified atom stereocenters. The van der Waals surface area contributed by atoms with Crippen LogP contribution in [0.2, 0.25) is 0 Å². The molecular formula is C14H13FN2OS. The molecule has 0 radical (unpaired) electrons. The van der Waals surface area contributed by atoms with Gasteiger partial charge in [-0.25, -0.2) is 9.37 Å². The summed E-state index contributed by atoms with van der Waals surface area (Å²) in [6.07, 6.45) is 1.63. The van der Waals surface area contributed by atoms with Gasteiger partial charge in [0, 0.05) is 11.1 Å². The van der Waals surface area contributed by atoms with Crippen molar-refractivity contribution in [2.24, 2.45) is 0 Å². The third-order valence-electron chi connectivity index (χ3n) is 2.45. The highest BCUT2D eigenvalue weighted by Crippen LogP contribution is 2.18. The van der Waals surface area contributed by atoms with Crippen LogP contribution in [0.1, 0.15) is 5.56 Å². The quantitative estimate of drug-likeness (QED) is 0.872. The van der Waals surface area contributed by atoms with Crippen molar-refractivity contribution in [2.75, 3.05) is 11.1 Å². The van der Waals surface area contributed by atoms with E-state index in [4.69, 9.17) is 0 Å². The SMILES string of the molecule is Cc1cccnc1NC(=O)CSc1ccc(F)cc1. The first kappa shape index (κ1) is 13.5. The first-order chi connectivity index (χ1) is 9.15. The summed E-state index contributed by atoms with van der Waals surface area (Å²) >= 11 is 1.36. The Bertz CT molecular complexity index is 572. The van der Waals surface area contributed by atoms with Crippen molar-refractivity contribution in [1.29, 1.82) is 0 Å². The van der Waals surface area contributed by atoms with Crippen LogP contribution in [0.4, 0.5) is 10.2 Å². The number of rotatable bonds is 4. The molecule has 0 bridgehead atoms. The minimum atomic E-state index is -0.280. The fraction of sp³-hybridized carbons (Fsp3) is 0.143. The van der Waals surface area contributed by atoms with E-state index in [1.54, 1.807) is 18.3 Å². The normalized spacial score (nSPS) is 10.2. The fourth-order valence-electron chi connectivity index (χ4n) is 1.46. The molecule has 19 heavy (non-hydrogen) atoms.